The second-order valence-electron chi connectivity index (χ2n) is 8.09. The number of carbonyl (C=O) groups excluding carboxylic acids is 2. The van der Waals surface area contributed by atoms with Gasteiger partial charge in [0.15, 0.2) is 0 Å². The normalized spacial score (nSPS) is 18.2. The van der Waals surface area contributed by atoms with Crippen LogP contribution in [0.5, 0.6) is 5.75 Å². The number of primary amides is 1. The van der Waals surface area contributed by atoms with Crippen molar-refractivity contribution in [3.63, 3.8) is 0 Å². The summed E-state index contributed by atoms with van der Waals surface area (Å²) < 4.78 is 5.24. The van der Waals surface area contributed by atoms with E-state index in [1.807, 2.05) is 42.5 Å². The molecule has 2 amide bonds. The summed E-state index contributed by atoms with van der Waals surface area (Å²) in [4.78, 5) is 28.4. The van der Waals surface area contributed by atoms with Crippen LogP contribution in [0, 0.1) is 5.41 Å². The minimum Gasteiger partial charge on any atom is -0.497 e. The van der Waals surface area contributed by atoms with Gasteiger partial charge in [0, 0.05) is 18.0 Å². The van der Waals surface area contributed by atoms with Crippen LogP contribution in [0.4, 0.5) is 0 Å². The summed E-state index contributed by atoms with van der Waals surface area (Å²) in [6.07, 6.45) is 1.39. The van der Waals surface area contributed by atoms with E-state index >= 15 is 0 Å². The van der Waals surface area contributed by atoms with Gasteiger partial charge >= 0.3 is 0 Å². The summed E-state index contributed by atoms with van der Waals surface area (Å²) in [5, 5.41) is 2.05. The maximum absolute atomic E-state index is 12.9. The first-order valence-electron chi connectivity index (χ1n) is 10.3. The molecule has 1 aliphatic heterocycles. The molecule has 2 N–H and O–H groups in total. The Morgan fingerprint density at radius 3 is 2.65 bits per heavy atom. The van der Waals surface area contributed by atoms with Gasteiger partial charge < -0.3 is 15.4 Å². The third kappa shape index (κ3) is 4.64. The highest BCUT2D eigenvalue weighted by Crippen LogP contribution is 2.36. The van der Waals surface area contributed by atoms with Crippen LogP contribution in [0.1, 0.15) is 17.5 Å². The van der Waals surface area contributed by atoms with E-state index in [0.29, 0.717) is 25.9 Å². The van der Waals surface area contributed by atoms with Gasteiger partial charge in [0.2, 0.25) is 11.8 Å². The lowest BCUT2D eigenvalue weighted by Crippen LogP contribution is -2.42. The molecule has 1 fully saturated rings. The summed E-state index contributed by atoms with van der Waals surface area (Å²) in [6.45, 7) is 0.894. The second kappa shape index (κ2) is 8.94. The fourth-order valence-electron chi connectivity index (χ4n) is 4.25. The Balaban J connectivity index is 1.48. The largest absolute Gasteiger partial charge is 0.497 e. The van der Waals surface area contributed by atoms with E-state index in [4.69, 9.17) is 10.5 Å². The molecule has 2 heterocycles. The summed E-state index contributed by atoms with van der Waals surface area (Å²) in [5.74, 6) is 0.387. The molecule has 5 nitrogen and oxygen atoms in total. The number of ether oxygens (including phenoxy) is 1. The number of rotatable bonds is 7. The Labute approximate surface area is 186 Å². The predicted molar refractivity (Wildman–Crippen MR) is 123 cm³/mol. The van der Waals surface area contributed by atoms with Crippen molar-refractivity contribution in [3.8, 4) is 16.2 Å². The highest BCUT2D eigenvalue weighted by atomic mass is 32.1. The lowest BCUT2D eigenvalue weighted by Gasteiger charge is -2.26. The molecular weight excluding hydrogens is 408 g/mol. The van der Waals surface area contributed by atoms with E-state index in [0.717, 1.165) is 22.4 Å². The molecule has 0 aliphatic carbocycles. The first-order chi connectivity index (χ1) is 15.0. The molecule has 4 rings (SSSR count). The molecule has 0 bridgehead atoms. The maximum Gasteiger partial charge on any atom is 0.227 e. The number of benzene rings is 2. The third-order valence-corrected chi connectivity index (χ3v) is 6.91. The van der Waals surface area contributed by atoms with Crippen molar-refractivity contribution in [1.82, 2.24) is 4.90 Å². The molecule has 3 aromatic rings. The Morgan fingerprint density at radius 2 is 1.90 bits per heavy atom. The van der Waals surface area contributed by atoms with Crippen LogP contribution in [0.25, 0.3) is 10.4 Å². The van der Waals surface area contributed by atoms with E-state index in [9.17, 15) is 9.59 Å². The zero-order valence-electron chi connectivity index (χ0n) is 17.5. The number of likely N-dealkylation sites (tertiary alicyclic amines) is 1. The highest BCUT2D eigenvalue weighted by Gasteiger charge is 2.44. The van der Waals surface area contributed by atoms with Gasteiger partial charge in [0.05, 0.1) is 18.9 Å². The molecule has 1 saturated heterocycles. The Bertz CT molecular complexity index is 1080. The lowest BCUT2D eigenvalue weighted by atomic mass is 9.80. The third-order valence-electron chi connectivity index (χ3n) is 5.99. The minimum atomic E-state index is -0.738. The number of amides is 2. The average Bonchev–Trinajstić information content (AvgIpc) is 3.45. The van der Waals surface area contributed by atoms with Crippen LogP contribution in [-0.2, 0) is 22.4 Å². The van der Waals surface area contributed by atoms with Gasteiger partial charge in [0.25, 0.3) is 0 Å². The zero-order chi connectivity index (χ0) is 21.8. The van der Waals surface area contributed by atoms with Gasteiger partial charge in [-0.25, -0.2) is 0 Å². The monoisotopic (exact) mass is 434 g/mol. The quantitative estimate of drug-likeness (QED) is 0.613. The van der Waals surface area contributed by atoms with Crippen LogP contribution in [-0.4, -0.2) is 36.9 Å². The second-order valence-corrected chi connectivity index (χ2v) is 9.04. The molecule has 0 saturated carbocycles. The van der Waals surface area contributed by atoms with Crippen molar-refractivity contribution in [2.75, 3.05) is 20.2 Å². The van der Waals surface area contributed by atoms with Gasteiger partial charge in [-0.3, -0.25) is 9.59 Å². The van der Waals surface area contributed by atoms with Gasteiger partial charge in [-0.15, -0.1) is 11.3 Å². The number of nitrogens with zero attached hydrogens (tertiary/aromatic N) is 1. The molecule has 1 aromatic heterocycles. The summed E-state index contributed by atoms with van der Waals surface area (Å²) >= 11 is 1.69. The number of nitrogens with two attached hydrogens (primary N) is 1. The number of hydrogen-bond acceptors (Lipinski definition) is 4. The average molecular weight is 435 g/mol. The van der Waals surface area contributed by atoms with Crippen LogP contribution >= 0.6 is 11.3 Å². The molecule has 0 spiro atoms. The number of carbonyl (C=O) groups is 2. The van der Waals surface area contributed by atoms with Gasteiger partial charge in [-0.05, 0) is 53.1 Å². The van der Waals surface area contributed by atoms with Crippen molar-refractivity contribution in [2.24, 2.45) is 11.1 Å². The number of methoxy groups -OCH3 is 1. The lowest BCUT2D eigenvalue weighted by molar-refractivity contribution is -0.131. The Kier molecular flexibility index (Phi) is 6.09. The molecule has 2 aromatic carbocycles. The highest BCUT2D eigenvalue weighted by molar-refractivity contribution is 7.13. The van der Waals surface area contributed by atoms with Crippen LogP contribution in [0.2, 0.25) is 0 Å². The van der Waals surface area contributed by atoms with E-state index < -0.39 is 5.41 Å². The zero-order valence-corrected chi connectivity index (χ0v) is 18.4. The van der Waals surface area contributed by atoms with Crippen molar-refractivity contribution >= 4 is 23.2 Å². The van der Waals surface area contributed by atoms with Crippen molar-refractivity contribution in [1.29, 1.82) is 0 Å². The molecule has 31 heavy (non-hydrogen) atoms. The van der Waals surface area contributed by atoms with E-state index in [1.165, 1.54) is 4.88 Å². The standard InChI is InChI=1S/C25H26N2O3S/c1-30-21-8-3-5-18(14-21)15-23(28)27-11-10-25(17-27,24(26)29)16-19-6-2-7-20(13-19)22-9-4-12-31-22/h2-9,12-14H,10-11,15-17H2,1H3,(H2,26,29). The fourth-order valence-corrected chi connectivity index (χ4v) is 4.98. The van der Waals surface area contributed by atoms with Crippen molar-refractivity contribution < 1.29 is 14.3 Å². The number of thiophene rings is 1. The first-order valence-corrected chi connectivity index (χ1v) is 11.2. The molecule has 6 heteroatoms. The summed E-state index contributed by atoms with van der Waals surface area (Å²) in [7, 11) is 1.61. The van der Waals surface area contributed by atoms with Gasteiger partial charge in [-0.1, -0.05) is 42.5 Å². The molecule has 160 valence electrons. The molecule has 1 atom stereocenters. The van der Waals surface area contributed by atoms with Crippen LogP contribution in [0.3, 0.4) is 0 Å². The van der Waals surface area contributed by atoms with Crippen molar-refractivity contribution in [2.45, 2.75) is 19.3 Å². The van der Waals surface area contributed by atoms with Gasteiger partial charge in [0.1, 0.15) is 5.75 Å². The molecule has 0 radical (unpaired) electrons. The predicted octanol–water partition coefficient (Wildman–Crippen LogP) is 3.91. The van der Waals surface area contributed by atoms with Gasteiger partial charge in [-0.2, -0.15) is 0 Å². The first kappa shape index (κ1) is 21.1. The van der Waals surface area contributed by atoms with E-state index in [-0.39, 0.29) is 18.2 Å². The number of hydrogen-bond donors (Lipinski definition) is 1. The smallest absolute Gasteiger partial charge is 0.227 e. The van der Waals surface area contributed by atoms with Crippen LogP contribution in [0.15, 0.2) is 66.0 Å². The van der Waals surface area contributed by atoms with Crippen molar-refractivity contribution in [3.05, 3.63) is 77.2 Å². The SMILES string of the molecule is COc1cccc(CC(=O)N2CCC(Cc3cccc(-c4cccs4)c3)(C(N)=O)C2)c1. The summed E-state index contributed by atoms with van der Waals surface area (Å²) in [5.41, 5.74) is 8.23. The van der Waals surface area contributed by atoms with E-state index in [2.05, 4.69) is 23.6 Å². The molecule has 1 aliphatic rings. The van der Waals surface area contributed by atoms with E-state index in [1.54, 1.807) is 23.3 Å². The summed E-state index contributed by atoms with van der Waals surface area (Å²) in [6, 6.07) is 19.9. The Hall–Kier alpha value is -3.12. The molecule has 1 unspecified atom stereocenters. The van der Waals surface area contributed by atoms with Crippen LogP contribution < -0.4 is 10.5 Å². The fraction of sp³-hybridized carbons (Fsp3) is 0.280. The maximum atomic E-state index is 12.9. The molecular formula is C25H26N2O3S. The topological polar surface area (TPSA) is 72.6 Å². The minimum absolute atomic E-state index is 0.00344. The Morgan fingerprint density at radius 1 is 1.10 bits per heavy atom.